The Hall–Kier alpha value is -2.77. The van der Waals surface area contributed by atoms with Gasteiger partial charge in [-0.2, -0.15) is 0 Å². The van der Waals surface area contributed by atoms with Gasteiger partial charge >= 0.3 is 0 Å². The number of amides is 1. The second-order valence-corrected chi connectivity index (χ2v) is 7.73. The van der Waals surface area contributed by atoms with Crippen LogP contribution >= 0.6 is 23.1 Å². The third-order valence-corrected chi connectivity index (χ3v) is 6.10. The van der Waals surface area contributed by atoms with Crippen molar-refractivity contribution >= 4 is 44.9 Å². The maximum absolute atomic E-state index is 13.1. The Labute approximate surface area is 163 Å². The third kappa shape index (κ3) is 4.15. The maximum atomic E-state index is 13.1. The van der Waals surface area contributed by atoms with E-state index in [1.54, 1.807) is 12.1 Å². The molecule has 0 bridgehead atoms. The highest BCUT2D eigenvalue weighted by atomic mass is 32.2. The summed E-state index contributed by atoms with van der Waals surface area (Å²) in [5.41, 5.74) is 2.52. The standard InChI is InChI=1S/C20H14FN3OS2/c21-14-8-6-13(7-9-14)17-10-16-19(27-17)20(23-12-22-16)26-11-18(25)24-15-4-2-1-3-5-15/h1-10,12H,11H2,(H,24,25). The first-order chi connectivity index (χ1) is 13.2. The molecule has 0 unspecified atom stereocenters. The number of benzene rings is 2. The van der Waals surface area contributed by atoms with Crippen LogP contribution in [0.2, 0.25) is 0 Å². The molecule has 2 aromatic heterocycles. The van der Waals surface area contributed by atoms with Crippen LogP contribution in [0.3, 0.4) is 0 Å². The van der Waals surface area contributed by atoms with E-state index in [1.807, 2.05) is 36.4 Å². The molecule has 4 rings (SSSR count). The van der Waals surface area contributed by atoms with Crippen molar-refractivity contribution in [3.05, 3.63) is 72.8 Å². The summed E-state index contributed by atoms with van der Waals surface area (Å²) < 4.78 is 14.1. The summed E-state index contributed by atoms with van der Waals surface area (Å²) in [5, 5.41) is 3.63. The number of nitrogens with one attached hydrogen (secondary N) is 1. The molecule has 1 N–H and O–H groups in total. The molecule has 4 aromatic rings. The van der Waals surface area contributed by atoms with Crippen molar-refractivity contribution in [2.24, 2.45) is 0 Å². The van der Waals surface area contributed by atoms with E-state index in [9.17, 15) is 9.18 Å². The molecule has 0 fully saturated rings. The largest absolute Gasteiger partial charge is 0.325 e. The van der Waals surface area contributed by atoms with E-state index >= 15 is 0 Å². The molecule has 0 radical (unpaired) electrons. The molecule has 27 heavy (non-hydrogen) atoms. The van der Waals surface area contributed by atoms with E-state index in [-0.39, 0.29) is 17.5 Å². The number of anilines is 1. The van der Waals surface area contributed by atoms with Crippen molar-refractivity contribution in [1.29, 1.82) is 0 Å². The summed E-state index contributed by atoms with van der Waals surface area (Å²) in [6, 6.07) is 17.7. The Balaban J connectivity index is 1.52. The second kappa shape index (κ2) is 7.85. The number of hydrogen-bond donors (Lipinski definition) is 1. The highest BCUT2D eigenvalue weighted by molar-refractivity contribution is 8.00. The van der Waals surface area contributed by atoms with Gasteiger partial charge in [0.1, 0.15) is 17.2 Å². The number of nitrogens with zero attached hydrogens (tertiary/aromatic N) is 2. The molecule has 7 heteroatoms. The SMILES string of the molecule is O=C(CSc1ncnc2cc(-c3ccc(F)cc3)sc12)Nc1ccccc1. The highest BCUT2D eigenvalue weighted by Crippen LogP contribution is 2.36. The summed E-state index contributed by atoms with van der Waals surface area (Å²) in [5.74, 6) is -0.0984. The second-order valence-electron chi connectivity index (χ2n) is 5.71. The number of rotatable bonds is 5. The topological polar surface area (TPSA) is 54.9 Å². The molecule has 2 heterocycles. The van der Waals surface area contributed by atoms with Gasteiger partial charge in [-0.25, -0.2) is 14.4 Å². The minimum absolute atomic E-state index is 0.0896. The van der Waals surface area contributed by atoms with Gasteiger partial charge in [0.2, 0.25) is 5.91 Å². The molecule has 1 amide bonds. The Morgan fingerprint density at radius 2 is 1.85 bits per heavy atom. The van der Waals surface area contributed by atoms with Crippen LogP contribution in [-0.4, -0.2) is 21.6 Å². The Kier molecular flexibility index (Phi) is 5.13. The van der Waals surface area contributed by atoms with Crippen LogP contribution < -0.4 is 5.32 Å². The molecule has 2 aromatic carbocycles. The molecule has 4 nitrogen and oxygen atoms in total. The zero-order valence-corrected chi connectivity index (χ0v) is 15.7. The van der Waals surface area contributed by atoms with Crippen LogP contribution in [0.1, 0.15) is 0 Å². The molecule has 0 spiro atoms. The lowest BCUT2D eigenvalue weighted by atomic mass is 10.2. The van der Waals surface area contributed by atoms with Crippen molar-refractivity contribution in [2.75, 3.05) is 11.1 Å². The number of para-hydroxylation sites is 1. The predicted octanol–water partition coefficient (Wildman–Crippen LogP) is 5.23. The average Bonchev–Trinajstić information content (AvgIpc) is 3.12. The number of aromatic nitrogens is 2. The van der Waals surface area contributed by atoms with Crippen LogP contribution in [0.5, 0.6) is 0 Å². The lowest BCUT2D eigenvalue weighted by Gasteiger charge is -2.04. The number of carbonyl (C=O) groups is 1. The van der Waals surface area contributed by atoms with Gasteiger partial charge in [0.05, 0.1) is 16.0 Å². The van der Waals surface area contributed by atoms with Crippen LogP contribution in [0.15, 0.2) is 72.0 Å². The normalized spacial score (nSPS) is 10.9. The molecule has 0 aliphatic heterocycles. The number of halogens is 1. The van der Waals surface area contributed by atoms with E-state index in [4.69, 9.17) is 0 Å². The quantitative estimate of drug-likeness (QED) is 0.371. The van der Waals surface area contributed by atoms with Gasteiger partial charge in [-0.15, -0.1) is 11.3 Å². The molecule has 0 aliphatic carbocycles. The van der Waals surface area contributed by atoms with Crippen LogP contribution in [0.4, 0.5) is 10.1 Å². The van der Waals surface area contributed by atoms with Crippen molar-refractivity contribution in [2.45, 2.75) is 5.03 Å². The van der Waals surface area contributed by atoms with Gasteiger partial charge in [-0.1, -0.05) is 42.1 Å². The lowest BCUT2D eigenvalue weighted by molar-refractivity contribution is -0.113. The number of thiophene rings is 1. The van der Waals surface area contributed by atoms with Crippen molar-refractivity contribution in [3.8, 4) is 10.4 Å². The first-order valence-electron chi connectivity index (χ1n) is 8.17. The Bertz CT molecular complexity index is 1080. The first-order valence-corrected chi connectivity index (χ1v) is 9.97. The molecule has 0 aliphatic rings. The molecule has 134 valence electrons. The van der Waals surface area contributed by atoms with Gasteiger partial charge in [-0.05, 0) is 35.9 Å². The minimum atomic E-state index is -0.264. The molecular weight excluding hydrogens is 381 g/mol. The van der Waals surface area contributed by atoms with E-state index in [1.165, 1.54) is 41.6 Å². The summed E-state index contributed by atoms with van der Waals surface area (Å²) in [6.07, 6.45) is 1.50. The zero-order valence-electron chi connectivity index (χ0n) is 14.1. The average molecular weight is 395 g/mol. The van der Waals surface area contributed by atoms with E-state index in [2.05, 4.69) is 15.3 Å². The van der Waals surface area contributed by atoms with Gasteiger partial charge < -0.3 is 5.32 Å². The smallest absolute Gasteiger partial charge is 0.234 e. The molecule has 0 saturated carbocycles. The van der Waals surface area contributed by atoms with E-state index < -0.39 is 0 Å². The van der Waals surface area contributed by atoms with E-state index in [0.29, 0.717) is 0 Å². The van der Waals surface area contributed by atoms with E-state index in [0.717, 1.165) is 31.4 Å². The fraction of sp³-hybridized carbons (Fsp3) is 0.0500. The summed E-state index contributed by atoms with van der Waals surface area (Å²) >= 11 is 2.91. The number of hydrogen-bond acceptors (Lipinski definition) is 5. The summed E-state index contributed by atoms with van der Waals surface area (Å²) in [7, 11) is 0. The van der Waals surface area contributed by atoms with Gasteiger partial charge in [0.25, 0.3) is 0 Å². The number of carbonyl (C=O) groups excluding carboxylic acids is 1. The summed E-state index contributed by atoms with van der Waals surface area (Å²) in [6.45, 7) is 0. The number of fused-ring (bicyclic) bond motifs is 1. The molecule has 0 atom stereocenters. The molecular formula is C20H14FN3OS2. The monoisotopic (exact) mass is 395 g/mol. The number of thioether (sulfide) groups is 1. The molecule has 0 saturated heterocycles. The third-order valence-electron chi connectivity index (χ3n) is 3.80. The fourth-order valence-corrected chi connectivity index (χ4v) is 4.54. The lowest BCUT2D eigenvalue weighted by Crippen LogP contribution is -2.13. The van der Waals surface area contributed by atoms with Gasteiger partial charge in [0, 0.05) is 10.6 Å². The fourth-order valence-electron chi connectivity index (χ4n) is 2.54. The highest BCUT2D eigenvalue weighted by Gasteiger charge is 2.12. The van der Waals surface area contributed by atoms with Crippen molar-refractivity contribution in [3.63, 3.8) is 0 Å². The van der Waals surface area contributed by atoms with Crippen molar-refractivity contribution < 1.29 is 9.18 Å². The Morgan fingerprint density at radius 1 is 1.07 bits per heavy atom. The zero-order chi connectivity index (χ0) is 18.6. The van der Waals surface area contributed by atoms with Gasteiger partial charge in [0.15, 0.2) is 0 Å². The summed E-state index contributed by atoms with van der Waals surface area (Å²) in [4.78, 5) is 21.8. The van der Waals surface area contributed by atoms with Crippen LogP contribution in [0, 0.1) is 5.82 Å². The predicted molar refractivity (Wildman–Crippen MR) is 109 cm³/mol. The Morgan fingerprint density at radius 3 is 2.63 bits per heavy atom. The first kappa shape index (κ1) is 17.6. The van der Waals surface area contributed by atoms with Crippen LogP contribution in [-0.2, 0) is 4.79 Å². The van der Waals surface area contributed by atoms with Crippen molar-refractivity contribution in [1.82, 2.24) is 9.97 Å². The van der Waals surface area contributed by atoms with Gasteiger partial charge in [-0.3, -0.25) is 4.79 Å². The maximum Gasteiger partial charge on any atom is 0.234 e. The van der Waals surface area contributed by atoms with Crippen LogP contribution in [0.25, 0.3) is 20.7 Å². The minimum Gasteiger partial charge on any atom is -0.325 e.